The van der Waals surface area contributed by atoms with Crippen molar-refractivity contribution in [2.75, 3.05) is 10.2 Å². The van der Waals surface area contributed by atoms with E-state index in [-0.39, 0.29) is 17.1 Å². The van der Waals surface area contributed by atoms with Gasteiger partial charge in [0.25, 0.3) is 11.8 Å². The van der Waals surface area contributed by atoms with Gasteiger partial charge in [0.2, 0.25) is 11.0 Å². The van der Waals surface area contributed by atoms with Crippen LogP contribution in [0.15, 0.2) is 78.9 Å². The highest BCUT2D eigenvalue weighted by Crippen LogP contribution is 2.27. The van der Waals surface area contributed by atoms with Crippen LogP contribution in [0.25, 0.3) is 0 Å². The molecule has 34 heavy (non-hydrogen) atoms. The molecule has 1 aliphatic rings. The van der Waals surface area contributed by atoms with E-state index in [1.54, 1.807) is 48.5 Å². The average Bonchev–Trinajstić information content (AvgIpc) is 3.04. The van der Waals surface area contributed by atoms with Crippen molar-refractivity contribution < 1.29 is 18.8 Å². The van der Waals surface area contributed by atoms with E-state index in [9.17, 15) is 18.8 Å². The Bertz CT molecular complexity index is 1260. The second-order valence-corrected chi connectivity index (χ2v) is 8.19. The molecule has 10 heteroatoms. The first kappa shape index (κ1) is 23.3. The third-order valence-electron chi connectivity index (χ3n) is 5.04. The van der Waals surface area contributed by atoms with Crippen LogP contribution in [-0.2, 0) is 9.59 Å². The fourth-order valence-corrected chi connectivity index (χ4v) is 3.93. The van der Waals surface area contributed by atoms with Crippen molar-refractivity contribution in [3.05, 3.63) is 95.3 Å². The molecule has 0 saturated carbocycles. The van der Waals surface area contributed by atoms with E-state index >= 15 is 0 Å². The first-order chi connectivity index (χ1) is 16.3. The molecule has 1 heterocycles. The Morgan fingerprint density at radius 3 is 2.38 bits per heavy atom. The number of hydrogen-bond acceptors (Lipinski definition) is 4. The van der Waals surface area contributed by atoms with E-state index in [0.29, 0.717) is 16.4 Å². The lowest BCUT2D eigenvalue weighted by Crippen LogP contribution is -2.49. The molecule has 0 spiro atoms. The maximum Gasteiger partial charge on any atom is 0.269 e. The van der Waals surface area contributed by atoms with Gasteiger partial charge in [-0.15, -0.1) is 0 Å². The van der Waals surface area contributed by atoms with Crippen molar-refractivity contribution in [1.29, 1.82) is 0 Å². The molecular formula is C24H18ClFN4O3S. The number of amides is 3. The summed E-state index contributed by atoms with van der Waals surface area (Å²) in [5.74, 6) is -2.22. The van der Waals surface area contributed by atoms with Gasteiger partial charge in [0.05, 0.1) is 12.1 Å². The molecule has 0 aliphatic carbocycles. The minimum atomic E-state index is -1.12. The molecule has 1 atom stereocenters. The van der Waals surface area contributed by atoms with E-state index in [1.165, 1.54) is 23.1 Å². The third kappa shape index (κ3) is 5.05. The van der Waals surface area contributed by atoms with Crippen LogP contribution >= 0.6 is 23.8 Å². The van der Waals surface area contributed by atoms with Crippen LogP contribution in [-0.4, -0.2) is 33.9 Å². The molecule has 3 aromatic carbocycles. The highest BCUT2D eigenvalue weighted by Gasteiger charge is 2.45. The molecule has 172 valence electrons. The van der Waals surface area contributed by atoms with Crippen molar-refractivity contribution >= 4 is 58.0 Å². The molecule has 3 amide bonds. The summed E-state index contributed by atoms with van der Waals surface area (Å²) in [5.41, 5.74) is 3.57. The van der Waals surface area contributed by atoms with Gasteiger partial charge in [-0.25, -0.2) is 9.40 Å². The first-order valence-electron chi connectivity index (χ1n) is 10.2. The van der Waals surface area contributed by atoms with Crippen molar-refractivity contribution in [1.82, 2.24) is 10.4 Å². The van der Waals surface area contributed by atoms with Crippen LogP contribution in [0, 0.1) is 5.82 Å². The normalized spacial score (nSPS) is 15.4. The number of nitrogens with zero attached hydrogens (tertiary/aromatic N) is 2. The summed E-state index contributed by atoms with van der Waals surface area (Å²) in [7, 11) is 0. The van der Waals surface area contributed by atoms with Crippen LogP contribution < -0.4 is 15.6 Å². The predicted octanol–water partition coefficient (Wildman–Crippen LogP) is 4.16. The standard InChI is InChI=1S/C24H18ClFN4O3S/c25-16-9-11-19(12-10-16)29-23(33)20(14-21(31)27-18-7-2-1-3-8-18)30(24(29)34)28-22(32)15-5-4-6-17(26)13-15/h1-13,20H,14H2,(H,27,31)(H,28,32). The SMILES string of the molecule is O=C(CC1C(=O)N(c2ccc(Cl)cc2)C(=S)N1NC(=O)c1cccc(F)c1)Nc1ccccc1. The number of thiocarbonyl (C=S) groups is 1. The Morgan fingerprint density at radius 1 is 1.00 bits per heavy atom. The number of anilines is 2. The molecule has 1 aliphatic heterocycles. The summed E-state index contributed by atoms with van der Waals surface area (Å²) < 4.78 is 13.6. The van der Waals surface area contributed by atoms with Gasteiger partial charge in [-0.3, -0.25) is 24.7 Å². The lowest BCUT2D eigenvalue weighted by molar-refractivity contribution is -0.124. The van der Waals surface area contributed by atoms with Crippen molar-refractivity contribution in [2.24, 2.45) is 0 Å². The lowest BCUT2D eigenvalue weighted by atomic mass is 10.1. The molecule has 7 nitrogen and oxygen atoms in total. The lowest BCUT2D eigenvalue weighted by Gasteiger charge is -2.24. The van der Waals surface area contributed by atoms with Gasteiger partial charge in [-0.2, -0.15) is 0 Å². The second kappa shape index (κ2) is 9.98. The number of rotatable bonds is 6. The van der Waals surface area contributed by atoms with E-state index < -0.39 is 29.6 Å². The number of halogens is 2. The van der Waals surface area contributed by atoms with Crippen LogP contribution in [0.3, 0.4) is 0 Å². The number of para-hydroxylation sites is 1. The Hall–Kier alpha value is -3.82. The minimum Gasteiger partial charge on any atom is -0.326 e. The summed E-state index contributed by atoms with van der Waals surface area (Å²) in [6.07, 6.45) is -0.290. The summed E-state index contributed by atoms with van der Waals surface area (Å²) in [6.45, 7) is 0. The van der Waals surface area contributed by atoms with Crippen molar-refractivity contribution in [3.8, 4) is 0 Å². The van der Waals surface area contributed by atoms with Crippen molar-refractivity contribution in [3.63, 3.8) is 0 Å². The van der Waals surface area contributed by atoms with E-state index in [2.05, 4.69) is 10.7 Å². The first-order valence-corrected chi connectivity index (χ1v) is 11.0. The summed E-state index contributed by atoms with van der Waals surface area (Å²) in [6, 6.07) is 19.1. The molecule has 3 aromatic rings. The Kier molecular flexibility index (Phi) is 6.85. The van der Waals surface area contributed by atoms with Gasteiger partial charge >= 0.3 is 0 Å². The predicted molar refractivity (Wildman–Crippen MR) is 131 cm³/mol. The number of hydrazine groups is 1. The fourth-order valence-electron chi connectivity index (χ4n) is 3.44. The Balaban J connectivity index is 1.61. The van der Waals surface area contributed by atoms with Crippen LogP contribution in [0.1, 0.15) is 16.8 Å². The molecule has 4 rings (SSSR count). The van der Waals surface area contributed by atoms with Crippen molar-refractivity contribution in [2.45, 2.75) is 12.5 Å². The molecule has 0 aromatic heterocycles. The smallest absolute Gasteiger partial charge is 0.269 e. The van der Waals surface area contributed by atoms with E-state index in [1.807, 2.05) is 6.07 Å². The van der Waals surface area contributed by atoms with Gasteiger partial charge in [0.1, 0.15) is 11.9 Å². The zero-order valence-corrected chi connectivity index (χ0v) is 19.1. The minimum absolute atomic E-state index is 0.0328. The maximum atomic E-state index is 13.6. The van der Waals surface area contributed by atoms with Gasteiger partial charge in [0, 0.05) is 16.3 Å². The quantitative estimate of drug-likeness (QED) is 0.501. The number of benzene rings is 3. The highest BCUT2D eigenvalue weighted by molar-refractivity contribution is 7.80. The largest absolute Gasteiger partial charge is 0.326 e. The number of carbonyl (C=O) groups is 3. The Morgan fingerprint density at radius 2 is 1.71 bits per heavy atom. The van der Waals surface area contributed by atoms with Crippen LogP contribution in [0.2, 0.25) is 5.02 Å². The van der Waals surface area contributed by atoms with Crippen LogP contribution in [0.4, 0.5) is 15.8 Å². The monoisotopic (exact) mass is 496 g/mol. The van der Waals surface area contributed by atoms with E-state index in [0.717, 1.165) is 11.1 Å². The van der Waals surface area contributed by atoms with Gasteiger partial charge in [-0.1, -0.05) is 35.9 Å². The average molecular weight is 497 g/mol. The highest BCUT2D eigenvalue weighted by atomic mass is 35.5. The molecule has 2 N–H and O–H groups in total. The molecule has 1 unspecified atom stereocenters. The van der Waals surface area contributed by atoms with E-state index in [4.69, 9.17) is 23.8 Å². The topological polar surface area (TPSA) is 81.8 Å². The summed E-state index contributed by atoms with van der Waals surface area (Å²) >= 11 is 11.4. The molecular weight excluding hydrogens is 479 g/mol. The number of carbonyl (C=O) groups excluding carboxylic acids is 3. The van der Waals surface area contributed by atoms with Crippen LogP contribution in [0.5, 0.6) is 0 Å². The second-order valence-electron chi connectivity index (χ2n) is 7.39. The van der Waals surface area contributed by atoms with Gasteiger partial charge < -0.3 is 5.32 Å². The summed E-state index contributed by atoms with van der Waals surface area (Å²) in [4.78, 5) is 40.1. The summed E-state index contributed by atoms with van der Waals surface area (Å²) in [5, 5.41) is 4.31. The maximum absolute atomic E-state index is 13.6. The molecule has 0 radical (unpaired) electrons. The number of hydrogen-bond donors (Lipinski definition) is 2. The third-order valence-corrected chi connectivity index (χ3v) is 5.68. The zero-order valence-electron chi connectivity index (χ0n) is 17.6. The Labute approximate surface area is 205 Å². The number of nitrogens with one attached hydrogen (secondary N) is 2. The molecule has 1 saturated heterocycles. The molecule has 1 fully saturated rings. The molecule has 0 bridgehead atoms. The zero-order chi connectivity index (χ0) is 24.2. The fraction of sp³-hybridized carbons (Fsp3) is 0.0833. The van der Waals surface area contributed by atoms with Gasteiger partial charge in [-0.05, 0) is 66.8 Å². The van der Waals surface area contributed by atoms with Gasteiger partial charge in [0.15, 0.2) is 0 Å².